The summed E-state index contributed by atoms with van der Waals surface area (Å²) in [7, 11) is 1.77. The van der Waals surface area contributed by atoms with Crippen molar-refractivity contribution in [3.63, 3.8) is 0 Å². The number of nitrogens with two attached hydrogens (primary N) is 1. The minimum absolute atomic E-state index is 0.0910. The van der Waals surface area contributed by atoms with E-state index in [0.29, 0.717) is 17.9 Å². The molecule has 1 aromatic rings. The van der Waals surface area contributed by atoms with Crippen LogP contribution < -0.4 is 15.8 Å². The second kappa shape index (κ2) is 6.45. The Morgan fingerprint density at radius 2 is 2.05 bits per heavy atom. The number of nitrogens with one attached hydrogen (secondary N) is 1. The summed E-state index contributed by atoms with van der Waals surface area (Å²) < 4.78 is 10.7. The van der Waals surface area contributed by atoms with Gasteiger partial charge in [0.1, 0.15) is 5.75 Å². The van der Waals surface area contributed by atoms with Gasteiger partial charge in [0.25, 0.3) is 5.91 Å². The van der Waals surface area contributed by atoms with Gasteiger partial charge in [-0.3, -0.25) is 4.79 Å². The molecule has 3 N–H and O–H groups in total. The number of benzene rings is 1. The number of primary amides is 1. The quantitative estimate of drug-likeness (QED) is 0.798. The molecular formula is C16H24N2O3. The first-order valence-electron chi connectivity index (χ1n) is 7.19. The first kappa shape index (κ1) is 15.8. The Morgan fingerprint density at radius 1 is 1.38 bits per heavy atom. The highest BCUT2D eigenvalue weighted by atomic mass is 16.5. The van der Waals surface area contributed by atoms with Gasteiger partial charge in [0.15, 0.2) is 6.61 Å². The highest BCUT2D eigenvalue weighted by Gasteiger charge is 2.48. The predicted octanol–water partition coefficient (Wildman–Crippen LogP) is 1.45. The van der Waals surface area contributed by atoms with Crippen molar-refractivity contribution in [3.05, 3.63) is 29.8 Å². The average molecular weight is 292 g/mol. The van der Waals surface area contributed by atoms with Crippen molar-refractivity contribution >= 4 is 5.91 Å². The molecule has 0 saturated heterocycles. The van der Waals surface area contributed by atoms with Crippen LogP contribution in [0.25, 0.3) is 0 Å². The third kappa shape index (κ3) is 3.74. The summed E-state index contributed by atoms with van der Waals surface area (Å²) in [5.41, 5.74) is 6.38. The standard InChI is InChI=1S/C16H24N2O3/c1-16(2)13(8-14(16)20-3)18-9-11-4-6-12(7-5-11)21-10-15(17)19/h4-7,13-14,18H,8-10H2,1-3H3,(H2,17,19). The van der Waals surface area contributed by atoms with E-state index in [1.165, 1.54) is 5.56 Å². The topological polar surface area (TPSA) is 73.6 Å². The Labute approximate surface area is 125 Å². The molecule has 1 amide bonds. The highest BCUT2D eigenvalue weighted by Crippen LogP contribution is 2.42. The van der Waals surface area contributed by atoms with Gasteiger partial charge in [0.05, 0.1) is 6.10 Å². The molecular weight excluding hydrogens is 268 g/mol. The van der Waals surface area contributed by atoms with Gasteiger partial charge in [-0.05, 0) is 24.1 Å². The molecule has 0 bridgehead atoms. The fourth-order valence-corrected chi connectivity index (χ4v) is 2.73. The van der Waals surface area contributed by atoms with Gasteiger partial charge in [-0.2, -0.15) is 0 Å². The molecule has 2 rings (SSSR count). The number of carbonyl (C=O) groups is 1. The molecule has 1 aliphatic carbocycles. The third-order valence-corrected chi connectivity index (χ3v) is 4.32. The van der Waals surface area contributed by atoms with E-state index in [4.69, 9.17) is 15.2 Å². The van der Waals surface area contributed by atoms with Gasteiger partial charge in [0, 0.05) is 25.1 Å². The van der Waals surface area contributed by atoms with E-state index < -0.39 is 5.91 Å². The average Bonchev–Trinajstić information content (AvgIpc) is 2.45. The Kier molecular flexibility index (Phi) is 4.85. The van der Waals surface area contributed by atoms with Crippen LogP contribution >= 0.6 is 0 Å². The lowest BCUT2D eigenvalue weighted by atomic mass is 9.64. The van der Waals surface area contributed by atoms with Crippen LogP contribution in [0.4, 0.5) is 0 Å². The summed E-state index contributed by atoms with van der Waals surface area (Å²) >= 11 is 0. The van der Waals surface area contributed by atoms with E-state index >= 15 is 0 Å². The first-order valence-corrected chi connectivity index (χ1v) is 7.19. The molecule has 0 aromatic heterocycles. The lowest BCUT2D eigenvalue weighted by Crippen LogP contribution is -2.60. The largest absolute Gasteiger partial charge is 0.484 e. The molecule has 1 aliphatic rings. The monoisotopic (exact) mass is 292 g/mol. The molecule has 5 heteroatoms. The van der Waals surface area contributed by atoms with Gasteiger partial charge in [-0.25, -0.2) is 0 Å². The smallest absolute Gasteiger partial charge is 0.255 e. The molecule has 1 fully saturated rings. The summed E-state index contributed by atoms with van der Waals surface area (Å²) in [5.74, 6) is 0.182. The fraction of sp³-hybridized carbons (Fsp3) is 0.562. The first-order chi connectivity index (χ1) is 9.93. The lowest BCUT2D eigenvalue weighted by Gasteiger charge is -2.51. The SMILES string of the molecule is COC1CC(NCc2ccc(OCC(N)=O)cc2)C1(C)C. The van der Waals surface area contributed by atoms with Gasteiger partial charge in [-0.1, -0.05) is 26.0 Å². The summed E-state index contributed by atoms with van der Waals surface area (Å²) in [4.78, 5) is 10.6. The molecule has 116 valence electrons. The van der Waals surface area contributed by atoms with Crippen molar-refractivity contribution in [1.82, 2.24) is 5.32 Å². The number of hydrogen-bond donors (Lipinski definition) is 2. The maximum Gasteiger partial charge on any atom is 0.255 e. The predicted molar refractivity (Wildman–Crippen MR) is 81.0 cm³/mol. The maximum absolute atomic E-state index is 10.6. The van der Waals surface area contributed by atoms with E-state index in [1.807, 2.05) is 24.3 Å². The van der Waals surface area contributed by atoms with Crippen LogP contribution in [-0.2, 0) is 16.1 Å². The molecule has 5 nitrogen and oxygen atoms in total. The van der Waals surface area contributed by atoms with Crippen molar-refractivity contribution < 1.29 is 14.3 Å². The van der Waals surface area contributed by atoms with Gasteiger partial charge in [-0.15, -0.1) is 0 Å². The van der Waals surface area contributed by atoms with Crippen LogP contribution in [0.1, 0.15) is 25.8 Å². The van der Waals surface area contributed by atoms with Gasteiger partial charge < -0.3 is 20.5 Å². The van der Waals surface area contributed by atoms with Gasteiger partial charge >= 0.3 is 0 Å². The molecule has 1 saturated carbocycles. The van der Waals surface area contributed by atoms with E-state index in [9.17, 15) is 4.79 Å². The van der Waals surface area contributed by atoms with Crippen LogP contribution in [0, 0.1) is 5.41 Å². The van der Waals surface area contributed by atoms with E-state index in [1.54, 1.807) is 7.11 Å². The molecule has 0 spiro atoms. The molecule has 0 aliphatic heterocycles. The van der Waals surface area contributed by atoms with Crippen LogP contribution in [-0.4, -0.2) is 31.8 Å². The Hall–Kier alpha value is -1.59. The molecule has 2 unspecified atom stereocenters. The minimum atomic E-state index is -0.472. The second-order valence-electron chi connectivity index (χ2n) is 6.11. The summed E-state index contributed by atoms with van der Waals surface area (Å²) in [6.45, 7) is 5.17. The van der Waals surface area contributed by atoms with Crippen molar-refractivity contribution in [3.8, 4) is 5.75 Å². The summed E-state index contributed by atoms with van der Waals surface area (Å²) in [5, 5.41) is 3.56. The zero-order valence-corrected chi connectivity index (χ0v) is 12.9. The Balaban J connectivity index is 1.80. The van der Waals surface area contributed by atoms with E-state index in [2.05, 4.69) is 19.2 Å². The molecule has 21 heavy (non-hydrogen) atoms. The zero-order chi connectivity index (χ0) is 15.5. The van der Waals surface area contributed by atoms with Crippen molar-refractivity contribution in [2.24, 2.45) is 11.1 Å². The van der Waals surface area contributed by atoms with Crippen molar-refractivity contribution in [2.45, 2.75) is 39.0 Å². The number of ether oxygens (including phenoxy) is 2. The minimum Gasteiger partial charge on any atom is -0.484 e. The number of methoxy groups -OCH3 is 1. The zero-order valence-electron chi connectivity index (χ0n) is 12.9. The van der Waals surface area contributed by atoms with Crippen molar-refractivity contribution in [1.29, 1.82) is 0 Å². The van der Waals surface area contributed by atoms with Crippen LogP contribution in [0.5, 0.6) is 5.75 Å². The summed E-state index contributed by atoms with van der Waals surface area (Å²) in [6.07, 6.45) is 1.38. The maximum atomic E-state index is 10.6. The highest BCUT2D eigenvalue weighted by molar-refractivity contribution is 5.75. The molecule has 1 aromatic carbocycles. The number of rotatable bonds is 7. The normalized spacial score (nSPS) is 23.4. The van der Waals surface area contributed by atoms with E-state index in [-0.39, 0.29) is 12.0 Å². The Morgan fingerprint density at radius 3 is 2.57 bits per heavy atom. The lowest BCUT2D eigenvalue weighted by molar-refractivity contribution is -0.119. The summed E-state index contributed by atoms with van der Waals surface area (Å²) in [6, 6.07) is 8.15. The van der Waals surface area contributed by atoms with Crippen LogP contribution in [0.2, 0.25) is 0 Å². The van der Waals surface area contributed by atoms with Gasteiger partial charge in [0.2, 0.25) is 0 Å². The van der Waals surface area contributed by atoms with Crippen molar-refractivity contribution in [2.75, 3.05) is 13.7 Å². The Bertz CT molecular complexity index is 485. The van der Waals surface area contributed by atoms with Crippen LogP contribution in [0.3, 0.4) is 0 Å². The fourth-order valence-electron chi connectivity index (χ4n) is 2.73. The number of carbonyl (C=O) groups excluding carboxylic acids is 1. The third-order valence-electron chi connectivity index (χ3n) is 4.32. The molecule has 0 heterocycles. The second-order valence-corrected chi connectivity index (χ2v) is 6.11. The molecule has 0 radical (unpaired) electrons. The number of amides is 1. The number of hydrogen-bond acceptors (Lipinski definition) is 4. The molecule has 2 atom stereocenters. The van der Waals surface area contributed by atoms with E-state index in [0.717, 1.165) is 13.0 Å². The van der Waals surface area contributed by atoms with Crippen LogP contribution in [0.15, 0.2) is 24.3 Å².